The molecule has 298 valence electrons. The molecule has 5 heterocycles. The Morgan fingerprint density at radius 1 is 0.625 bits per heavy atom. The second-order valence-electron chi connectivity index (χ2n) is 13.9. The SMILES string of the molecule is CNC(=O)c1csc(NC(=O)Nc2ccc(C)cc2N2CCCCC2)n1.Cc1ccc(NC(=O)Nc2nc(C(=O)N3CCOCC3)cs2)c(N2CCCCC2)c1. The lowest BCUT2D eigenvalue weighted by Crippen LogP contribution is -2.40. The maximum absolute atomic E-state index is 12.6. The van der Waals surface area contributed by atoms with E-state index in [1.54, 1.807) is 22.7 Å². The van der Waals surface area contributed by atoms with Gasteiger partial charge in [-0.3, -0.25) is 20.2 Å². The highest BCUT2D eigenvalue weighted by Gasteiger charge is 2.22. The summed E-state index contributed by atoms with van der Waals surface area (Å²) in [7, 11) is 1.54. The molecule has 0 aliphatic carbocycles. The van der Waals surface area contributed by atoms with Gasteiger partial charge in [-0.15, -0.1) is 22.7 Å². The molecule has 7 rings (SSSR count). The molecule has 6 amide bonds. The number of carbonyl (C=O) groups is 4. The molecule has 15 nitrogen and oxygen atoms in total. The van der Waals surface area contributed by atoms with Crippen molar-refractivity contribution < 1.29 is 23.9 Å². The van der Waals surface area contributed by atoms with Gasteiger partial charge in [0.15, 0.2) is 10.3 Å². The smallest absolute Gasteiger partial charge is 0.325 e. The number of urea groups is 2. The number of amides is 6. The second-order valence-corrected chi connectivity index (χ2v) is 15.6. The number of nitrogens with zero attached hydrogens (tertiary/aromatic N) is 5. The molecule has 2 aromatic carbocycles. The summed E-state index contributed by atoms with van der Waals surface area (Å²) in [4.78, 5) is 63.8. The van der Waals surface area contributed by atoms with Crippen LogP contribution in [0.2, 0.25) is 0 Å². The van der Waals surface area contributed by atoms with Gasteiger partial charge >= 0.3 is 12.1 Å². The fraction of sp³-hybridized carbons (Fsp3) is 0.436. The summed E-state index contributed by atoms with van der Waals surface area (Å²) in [6.07, 6.45) is 7.17. The number of ether oxygens (including phenoxy) is 1. The first kappa shape index (κ1) is 40.4. The van der Waals surface area contributed by atoms with E-state index in [1.165, 1.54) is 61.2 Å². The van der Waals surface area contributed by atoms with E-state index >= 15 is 0 Å². The summed E-state index contributed by atoms with van der Waals surface area (Å²) in [5, 5.41) is 17.9. The van der Waals surface area contributed by atoms with E-state index in [0.29, 0.717) is 42.3 Å². The quantitative estimate of drug-likeness (QED) is 0.126. The summed E-state index contributed by atoms with van der Waals surface area (Å²) in [6, 6.07) is 11.3. The van der Waals surface area contributed by atoms with Crippen molar-refractivity contribution in [1.82, 2.24) is 20.2 Å². The highest BCUT2D eigenvalue weighted by molar-refractivity contribution is 7.14. The molecule has 3 aliphatic heterocycles. The maximum atomic E-state index is 12.6. The average Bonchev–Trinajstić information content (AvgIpc) is 3.90. The van der Waals surface area contributed by atoms with Crippen LogP contribution in [-0.4, -0.2) is 98.3 Å². The zero-order valence-corrected chi connectivity index (χ0v) is 33.7. The van der Waals surface area contributed by atoms with Crippen molar-refractivity contribution in [3.05, 3.63) is 69.7 Å². The summed E-state index contributed by atoms with van der Waals surface area (Å²) < 4.78 is 5.28. The minimum absolute atomic E-state index is 0.131. The first-order valence-electron chi connectivity index (χ1n) is 19.0. The lowest BCUT2D eigenvalue weighted by Gasteiger charge is -2.30. The van der Waals surface area contributed by atoms with Crippen molar-refractivity contribution in [3.63, 3.8) is 0 Å². The van der Waals surface area contributed by atoms with Crippen LogP contribution in [0.4, 0.5) is 42.6 Å². The van der Waals surface area contributed by atoms with Gasteiger partial charge in [0, 0.05) is 57.1 Å². The molecule has 2 aromatic heterocycles. The Labute approximate surface area is 335 Å². The Kier molecular flexibility index (Phi) is 14.1. The zero-order chi connectivity index (χ0) is 39.4. The van der Waals surface area contributed by atoms with E-state index in [-0.39, 0.29) is 29.6 Å². The van der Waals surface area contributed by atoms with Gasteiger partial charge in [0.2, 0.25) is 0 Å². The standard InChI is InChI=1S/C21H27N5O3S.C18H23N5O2S/c1-15-5-6-16(18(13-15)25-7-3-2-4-8-25)22-20(28)24-21-23-17(14-30-21)19(27)26-9-11-29-12-10-26;1-12-6-7-13(15(10-12)23-8-4-3-5-9-23)20-17(25)22-18-21-14(11-26-18)16(24)19-2/h5-6,13-14H,2-4,7-12H2,1H3,(H2,22,23,24,28);6-7,10-11H,3-5,8-9H2,1-2H3,(H,19,24)(H2,20,21,22,25). The molecule has 3 aliphatic rings. The van der Waals surface area contributed by atoms with E-state index in [9.17, 15) is 19.2 Å². The molecule has 56 heavy (non-hydrogen) atoms. The number of morpholine rings is 1. The Hall–Kier alpha value is -5.26. The van der Waals surface area contributed by atoms with Crippen molar-refractivity contribution >= 4 is 79.6 Å². The number of aryl methyl sites for hydroxylation is 2. The number of piperidine rings is 2. The van der Waals surface area contributed by atoms with Crippen molar-refractivity contribution in [1.29, 1.82) is 0 Å². The molecule has 0 unspecified atom stereocenters. The molecular formula is C39H50N10O5S2. The minimum atomic E-state index is -0.370. The number of carbonyl (C=O) groups excluding carboxylic acids is 4. The normalized spacial score (nSPS) is 15.6. The van der Waals surface area contributed by atoms with Gasteiger partial charge in [-0.1, -0.05) is 12.1 Å². The fourth-order valence-corrected chi connectivity index (χ4v) is 8.08. The van der Waals surface area contributed by atoms with E-state index < -0.39 is 0 Å². The third-order valence-electron chi connectivity index (χ3n) is 9.62. The topological polar surface area (TPSA) is 173 Å². The molecular weight excluding hydrogens is 753 g/mol. The number of nitrogens with one attached hydrogen (secondary N) is 5. The van der Waals surface area contributed by atoms with Crippen molar-refractivity contribution in [3.8, 4) is 0 Å². The largest absolute Gasteiger partial charge is 0.378 e. The summed E-state index contributed by atoms with van der Waals surface area (Å²) in [6.45, 7) is 10.3. The number of hydrogen-bond donors (Lipinski definition) is 5. The first-order chi connectivity index (χ1) is 27.2. The van der Waals surface area contributed by atoms with Crippen LogP contribution in [-0.2, 0) is 4.74 Å². The van der Waals surface area contributed by atoms with Gasteiger partial charge < -0.3 is 35.4 Å². The first-order valence-corrected chi connectivity index (χ1v) is 20.8. The van der Waals surface area contributed by atoms with E-state index in [4.69, 9.17) is 4.74 Å². The van der Waals surface area contributed by atoms with E-state index in [0.717, 1.165) is 60.1 Å². The number of benzene rings is 2. The van der Waals surface area contributed by atoms with Crippen molar-refractivity contribution in [2.24, 2.45) is 0 Å². The van der Waals surface area contributed by atoms with Gasteiger partial charge in [0.1, 0.15) is 11.4 Å². The molecule has 5 N–H and O–H groups in total. The molecule has 0 saturated carbocycles. The number of thiazole rings is 2. The van der Waals surface area contributed by atoms with Crippen LogP contribution >= 0.6 is 22.7 Å². The Bertz CT molecular complexity index is 1980. The molecule has 0 spiro atoms. The highest BCUT2D eigenvalue weighted by Crippen LogP contribution is 2.31. The van der Waals surface area contributed by atoms with Crippen LogP contribution in [0.1, 0.15) is 70.6 Å². The highest BCUT2D eigenvalue weighted by atomic mass is 32.1. The van der Waals surface area contributed by atoms with Crippen LogP contribution < -0.4 is 36.4 Å². The molecule has 4 aromatic rings. The summed E-state index contributed by atoms with van der Waals surface area (Å²) in [5.41, 5.74) is 6.61. The maximum Gasteiger partial charge on any atom is 0.325 e. The molecule has 3 fully saturated rings. The summed E-state index contributed by atoms with van der Waals surface area (Å²) >= 11 is 2.46. The second kappa shape index (κ2) is 19.6. The lowest BCUT2D eigenvalue weighted by atomic mass is 10.1. The van der Waals surface area contributed by atoms with Gasteiger partial charge in [-0.25, -0.2) is 19.6 Å². The molecule has 0 bridgehead atoms. The number of anilines is 6. The van der Waals surface area contributed by atoms with E-state index in [2.05, 4.69) is 65.4 Å². The van der Waals surface area contributed by atoms with Crippen molar-refractivity contribution in [2.75, 3.05) is 90.6 Å². The van der Waals surface area contributed by atoms with Crippen LogP contribution in [0, 0.1) is 13.8 Å². The monoisotopic (exact) mass is 802 g/mol. The van der Waals surface area contributed by atoms with Crippen LogP contribution in [0.3, 0.4) is 0 Å². The predicted molar refractivity (Wildman–Crippen MR) is 224 cm³/mol. The molecule has 0 radical (unpaired) electrons. The third-order valence-corrected chi connectivity index (χ3v) is 11.1. The zero-order valence-electron chi connectivity index (χ0n) is 32.1. The predicted octanol–water partition coefficient (Wildman–Crippen LogP) is 7.00. The Morgan fingerprint density at radius 2 is 1.09 bits per heavy atom. The summed E-state index contributed by atoms with van der Waals surface area (Å²) in [5.74, 6) is -0.408. The van der Waals surface area contributed by atoms with Crippen LogP contribution in [0.5, 0.6) is 0 Å². The number of rotatable bonds is 8. The third kappa shape index (κ3) is 10.9. The van der Waals surface area contributed by atoms with Gasteiger partial charge in [-0.2, -0.15) is 0 Å². The van der Waals surface area contributed by atoms with Gasteiger partial charge in [0.05, 0.1) is 36.0 Å². The Balaban J connectivity index is 0.000000192. The van der Waals surface area contributed by atoms with Crippen LogP contribution in [0.25, 0.3) is 0 Å². The Morgan fingerprint density at radius 3 is 1.57 bits per heavy atom. The average molecular weight is 803 g/mol. The minimum Gasteiger partial charge on any atom is -0.378 e. The van der Waals surface area contributed by atoms with Gasteiger partial charge in [0.25, 0.3) is 11.8 Å². The number of hydrogen-bond acceptors (Lipinski definition) is 11. The fourth-order valence-electron chi connectivity index (χ4n) is 6.71. The van der Waals surface area contributed by atoms with Crippen molar-refractivity contribution in [2.45, 2.75) is 52.4 Å². The van der Waals surface area contributed by atoms with Crippen LogP contribution in [0.15, 0.2) is 47.2 Å². The molecule has 17 heteroatoms. The van der Waals surface area contributed by atoms with E-state index in [1.807, 2.05) is 31.2 Å². The number of aromatic nitrogens is 2. The van der Waals surface area contributed by atoms with Gasteiger partial charge in [-0.05, 0) is 87.8 Å². The molecule has 3 saturated heterocycles. The lowest BCUT2D eigenvalue weighted by molar-refractivity contribution is 0.0299. The molecule has 0 atom stereocenters.